The Kier molecular flexibility index (Phi) is 5.42. The minimum atomic E-state index is -0.429. The number of halogens is 2. The van der Waals surface area contributed by atoms with Gasteiger partial charge in [0.2, 0.25) is 0 Å². The van der Waals surface area contributed by atoms with Crippen molar-refractivity contribution < 1.29 is 9.18 Å². The molecule has 0 bridgehead atoms. The highest BCUT2D eigenvalue weighted by atomic mass is 79.9. The Morgan fingerprint density at radius 2 is 2.12 bits per heavy atom. The van der Waals surface area contributed by atoms with Crippen LogP contribution in [0.3, 0.4) is 0 Å². The van der Waals surface area contributed by atoms with Crippen LogP contribution in [0.5, 0.6) is 0 Å². The van der Waals surface area contributed by atoms with Gasteiger partial charge in [-0.1, -0.05) is 15.9 Å². The summed E-state index contributed by atoms with van der Waals surface area (Å²) >= 11 is 3.14. The smallest absolute Gasteiger partial charge is 0.251 e. The molecule has 88 valence electrons. The first-order valence-corrected chi connectivity index (χ1v) is 5.87. The summed E-state index contributed by atoms with van der Waals surface area (Å²) in [4.78, 5) is 11.6. The van der Waals surface area contributed by atoms with Gasteiger partial charge in [0.1, 0.15) is 5.82 Å². The summed E-state index contributed by atoms with van der Waals surface area (Å²) in [6.07, 6.45) is 1.70. The number of carbonyl (C=O) groups is 1. The summed E-state index contributed by atoms with van der Waals surface area (Å²) in [7, 11) is 0. The van der Waals surface area contributed by atoms with E-state index in [0.717, 1.165) is 12.8 Å². The van der Waals surface area contributed by atoms with E-state index in [2.05, 4.69) is 21.2 Å². The Balaban J connectivity index is 2.52. The number of nitrogens with one attached hydrogen (secondary N) is 1. The fourth-order valence-electron chi connectivity index (χ4n) is 1.26. The minimum Gasteiger partial charge on any atom is -0.352 e. The molecule has 0 aromatic heterocycles. The van der Waals surface area contributed by atoms with Crippen molar-refractivity contribution in [3.8, 4) is 0 Å². The van der Waals surface area contributed by atoms with Gasteiger partial charge in [-0.3, -0.25) is 4.79 Å². The Labute approximate surface area is 102 Å². The van der Waals surface area contributed by atoms with Crippen LogP contribution in [0.4, 0.5) is 4.39 Å². The molecule has 1 amide bonds. The molecule has 0 heterocycles. The van der Waals surface area contributed by atoms with Crippen LogP contribution in [0.15, 0.2) is 22.7 Å². The third kappa shape index (κ3) is 4.28. The third-order valence-electron chi connectivity index (χ3n) is 2.04. The lowest BCUT2D eigenvalue weighted by Gasteiger charge is -2.05. The van der Waals surface area contributed by atoms with Crippen LogP contribution in [0.1, 0.15) is 23.2 Å². The summed E-state index contributed by atoms with van der Waals surface area (Å²) < 4.78 is 13.6. The number of benzene rings is 1. The molecule has 0 atom stereocenters. The molecule has 1 aromatic carbocycles. The van der Waals surface area contributed by atoms with Crippen LogP contribution >= 0.6 is 15.9 Å². The number of hydrogen-bond acceptors (Lipinski definition) is 2. The van der Waals surface area contributed by atoms with E-state index in [-0.39, 0.29) is 5.91 Å². The first-order chi connectivity index (χ1) is 7.63. The average Bonchev–Trinajstić information content (AvgIpc) is 2.22. The van der Waals surface area contributed by atoms with E-state index in [0.29, 0.717) is 23.1 Å². The van der Waals surface area contributed by atoms with Crippen molar-refractivity contribution in [2.75, 3.05) is 13.1 Å². The van der Waals surface area contributed by atoms with E-state index in [9.17, 15) is 9.18 Å². The summed E-state index contributed by atoms with van der Waals surface area (Å²) in [6, 6.07) is 4.11. The molecular weight excluding hydrogens is 275 g/mol. The van der Waals surface area contributed by atoms with Crippen LogP contribution in [0.2, 0.25) is 0 Å². The van der Waals surface area contributed by atoms with Gasteiger partial charge in [-0.15, -0.1) is 0 Å². The van der Waals surface area contributed by atoms with Crippen molar-refractivity contribution >= 4 is 21.8 Å². The maximum atomic E-state index is 13.0. The van der Waals surface area contributed by atoms with Gasteiger partial charge in [-0.2, -0.15) is 0 Å². The molecule has 0 aliphatic carbocycles. The van der Waals surface area contributed by atoms with E-state index in [1.807, 2.05) is 0 Å². The zero-order valence-corrected chi connectivity index (χ0v) is 10.4. The number of carbonyl (C=O) groups excluding carboxylic acids is 1. The molecule has 0 aliphatic heterocycles. The van der Waals surface area contributed by atoms with E-state index in [1.54, 1.807) is 6.07 Å². The summed E-state index contributed by atoms with van der Waals surface area (Å²) in [5.41, 5.74) is 5.65. The first kappa shape index (κ1) is 13.1. The molecule has 0 saturated carbocycles. The molecule has 0 saturated heterocycles. The third-order valence-corrected chi connectivity index (χ3v) is 2.50. The van der Waals surface area contributed by atoms with Gasteiger partial charge in [0.05, 0.1) is 0 Å². The zero-order valence-electron chi connectivity index (χ0n) is 8.80. The topological polar surface area (TPSA) is 55.1 Å². The molecule has 5 heteroatoms. The van der Waals surface area contributed by atoms with E-state index < -0.39 is 5.82 Å². The zero-order chi connectivity index (χ0) is 12.0. The van der Waals surface area contributed by atoms with Crippen molar-refractivity contribution in [2.45, 2.75) is 12.8 Å². The molecule has 3 N–H and O–H groups in total. The van der Waals surface area contributed by atoms with Gasteiger partial charge in [0.15, 0.2) is 0 Å². The van der Waals surface area contributed by atoms with Crippen LogP contribution < -0.4 is 11.1 Å². The van der Waals surface area contributed by atoms with Crippen molar-refractivity contribution in [2.24, 2.45) is 5.73 Å². The molecule has 0 aliphatic rings. The van der Waals surface area contributed by atoms with Crippen LogP contribution in [-0.4, -0.2) is 19.0 Å². The predicted octanol–water partition coefficient (Wildman–Crippen LogP) is 2.06. The van der Waals surface area contributed by atoms with Gasteiger partial charge < -0.3 is 11.1 Å². The quantitative estimate of drug-likeness (QED) is 0.815. The Hall–Kier alpha value is -0.940. The highest BCUT2D eigenvalue weighted by Gasteiger charge is 2.07. The Bertz CT molecular complexity index is 351. The SMILES string of the molecule is NCCCCNC(=O)c1cc(F)cc(Br)c1. The molecule has 0 unspecified atom stereocenters. The maximum absolute atomic E-state index is 13.0. The van der Waals surface area contributed by atoms with Gasteiger partial charge in [0, 0.05) is 16.6 Å². The molecule has 3 nitrogen and oxygen atoms in total. The fraction of sp³-hybridized carbons (Fsp3) is 0.364. The summed E-state index contributed by atoms with van der Waals surface area (Å²) in [5.74, 6) is -0.696. The molecule has 1 rings (SSSR count). The van der Waals surface area contributed by atoms with Crippen molar-refractivity contribution in [1.29, 1.82) is 0 Å². The average molecular weight is 289 g/mol. The Morgan fingerprint density at radius 1 is 1.38 bits per heavy atom. The number of rotatable bonds is 5. The number of amides is 1. The second-order valence-corrected chi connectivity index (χ2v) is 4.33. The number of unbranched alkanes of at least 4 members (excludes halogenated alkanes) is 1. The molecular formula is C11H14BrFN2O. The van der Waals surface area contributed by atoms with Gasteiger partial charge >= 0.3 is 0 Å². The second-order valence-electron chi connectivity index (χ2n) is 3.41. The standard InChI is InChI=1S/C11H14BrFN2O/c12-9-5-8(6-10(13)7-9)11(16)15-4-2-1-3-14/h5-7H,1-4,14H2,(H,15,16). The molecule has 1 aromatic rings. The lowest BCUT2D eigenvalue weighted by atomic mass is 10.2. The first-order valence-electron chi connectivity index (χ1n) is 5.08. The van der Waals surface area contributed by atoms with Crippen molar-refractivity contribution in [3.63, 3.8) is 0 Å². The van der Waals surface area contributed by atoms with Crippen LogP contribution in [0.25, 0.3) is 0 Å². The van der Waals surface area contributed by atoms with Crippen molar-refractivity contribution in [3.05, 3.63) is 34.1 Å². The predicted molar refractivity (Wildman–Crippen MR) is 64.7 cm³/mol. The van der Waals surface area contributed by atoms with Gasteiger partial charge in [-0.25, -0.2) is 4.39 Å². The molecule has 0 radical (unpaired) electrons. The highest BCUT2D eigenvalue weighted by molar-refractivity contribution is 9.10. The van der Waals surface area contributed by atoms with E-state index >= 15 is 0 Å². The summed E-state index contributed by atoms with van der Waals surface area (Å²) in [5, 5.41) is 2.71. The van der Waals surface area contributed by atoms with Crippen molar-refractivity contribution in [1.82, 2.24) is 5.32 Å². The molecule has 16 heavy (non-hydrogen) atoms. The maximum Gasteiger partial charge on any atom is 0.251 e. The highest BCUT2D eigenvalue weighted by Crippen LogP contribution is 2.14. The second kappa shape index (κ2) is 6.60. The molecule has 0 spiro atoms. The normalized spacial score (nSPS) is 10.2. The largest absolute Gasteiger partial charge is 0.352 e. The van der Waals surface area contributed by atoms with Crippen LogP contribution in [0, 0.1) is 5.82 Å². The fourth-order valence-corrected chi connectivity index (χ4v) is 1.72. The number of hydrogen-bond donors (Lipinski definition) is 2. The Morgan fingerprint density at radius 3 is 2.75 bits per heavy atom. The lowest BCUT2D eigenvalue weighted by Crippen LogP contribution is -2.25. The van der Waals surface area contributed by atoms with Gasteiger partial charge in [0.25, 0.3) is 5.91 Å². The van der Waals surface area contributed by atoms with E-state index in [4.69, 9.17) is 5.73 Å². The number of nitrogens with two attached hydrogens (primary N) is 1. The van der Waals surface area contributed by atoms with Gasteiger partial charge in [-0.05, 0) is 37.6 Å². The summed E-state index contributed by atoms with van der Waals surface area (Å²) in [6.45, 7) is 1.17. The van der Waals surface area contributed by atoms with Crippen LogP contribution in [-0.2, 0) is 0 Å². The minimum absolute atomic E-state index is 0.266. The van der Waals surface area contributed by atoms with E-state index in [1.165, 1.54) is 12.1 Å². The monoisotopic (exact) mass is 288 g/mol. The molecule has 0 fully saturated rings. The lowest BCUT2D eigenvalue weighted by molar-refractivity contribution is 0.0952.